The van der Waals surface area contributed by atoms with Gasteiger partial charge in [0.1, 0.15) is 11.5 Å². The number of rotatable bonds is 0. The van der Waals surface area contributed by atoms with Gasteiger partial charge in [0, 0.05) is 14.9 Å². The minimum Gasteiger partial charge on any atom is -0.460 e. The van der Waals surface area contributed by atoms with Crippen LogP contribution < -0.4 is 0 Å². The van der Waals surface area contributed by atoms with Crippen LogP contribution in [0.2, 0.25) is 0 Å². The molecule has 2 aliphatic rings. The summed E-state index contributed by atoms with van der Waals surface area (Å²) in [4.78, 5) is 2.59. The topological polar surface area (TPSA) is 13.1 Å². The van der Waals surface area contributed by atoms with Crippen molar-refractivity contribution >= 4 is 33.8 Å². The van der Waals surface area contributed by atoms with Gasteiger partial charge in [0.25, 0.3) is 0 Å². The molecule has 1 nitrogen and oxygen atoms in total. The Balaban J connectivity index is 2.08. The van der Waals surface area contributed by atoms with Crippen LogP contribution in [-0.4, -0.2) is 0 Å². The molecule has 0 N–H and O–H groups in total. The zero-order chi connectivity index (χ0) is 12.4. The second-order valence-corrected chi connectivity index (χ2v) is 6.81. The van der Waals surface area contributed by atoms with Gasteiger partial charge in [0.2, 0.25) is 0 Å². The molecule has 0 amide bonds. The van der Waals surface area contributed by atoms with E-state index in [4.69, 9.17) is 4.42 Å². The SMILES string of the molecule is CC1=Cc2c3cc(c(Br)c2C1)-c1cc(c(C)o1)S3. The molecular formula is C15H11BrOS. The molecule has 18 heavy (non-hydrogen) atoms. The summed E-state index contributed by atoms with van der Waals surface area (Å²) in [5, 5.41) is 0. The molecule has 0 atom stereocenters. The van der Waals surface area contributed by atoms with Gasteiger partial charge in [-0.1, -0.05) is 23.4 Å². The third-order valence-corrected chi connectivity index (χ3v) is 5.66. The quantitative estimate of drug-likeness (QED) is 0.547. The molecule has 0 saturated carbocycles. The van der Waals surface area contributed by atoms with Crippen molar-refractivity contribution in [2.75, 3.05) is 0 Å². The molecule has 90 valence electrons. The van der Waals surface area contributed by atoms with E-state index in [1.165, 1.54) is 36.5 Å². The number of benzene rings is 1. The van der Waals surface area contributed by atoms with E-state index in [0.29, 0.717) is 0 Å². The van der Waals surface area contributed by atoms with Crippen molar-refractivity contribution in [2.45, 2.75) is 30.1 Å². The standard InChI is InChI=1S/C15H11BrOS/c1-7-3-9-10(4-7)15(16)11-5-14(9)18-13-6-12(11)17-8(13)2/h3,5-6H,4H2,1-2H3. The summed E-state index contributed by atoms with van der Waals surface area (Å²) in [6, 6.07) is 4.40. The fraction of sp³-hybridized carbons (Fsp3) is 0.200. The minimum atomic E-state index is 0.980. The summed E-state index contributed by atoms with van der Waals surface area (Å²) in [6.45, 7) is 4.23. The highest BCUT2D eigenvalue weighted by Gasteiger charge is 2.26. The van der Waals surface area contributed by atoms with Crippen LogP contribution in [0.3, 0.4) is 0 Å². The van der Waals surface area contributed by atoms with Gasteiger partial charge in [-0.3, -0.25) is 0 Å². The zero-order valence-corrected chi connectivity index (χ0v) is 12.5. The highest BCUT2D eigenvalue weighted by molar-refractivity contribution is 9.10. The van der Waals surface area contributed by atoms with E-state index in [1.54, 1.807) is 0 Å². The fourth-order valence-corrected chi connectivity index (χ4v) is 4.41. The summed E-state index contributed by atoms with van der Waals surface area (Å²) in [5.74, 6) is 1.99. The van der Waals surface area contributed by atoms with E-state index in [1.807, 2.05) is 18.7 Å². The van der Waals surface area contributed by atoms with Gasteiger partial charge in [-0.25, -0.2) is 0 Å². The smallest absolute Gasteiger partial charge is 0.136 e. The van der Waals surface area contributed by atoms with E-state index in [2.05, 4.69) is 41.1 Å². The van der Waals surface area contributed by atoms with Gasteiger partial charge in [-0.15, -0.1) is 0 Å². The largest absolute Gasteiger partial charge is 0.460 e. The van der Waals surface area contributed by atoms with Crippen LogP contribution in [0.1, 0.15) is 23.8 Å². The number of furan rings is 1. The molecule has 0 unspecified atom stereocenters. The first kappa shape index (κ1) is 10.9. The number of halogens is 1. The second-order valence-electron chi connectivity index (χ2n) is 4.93. The molecule has 1 aliphatic carbocycles. The Hall–Kier alpha value is -0.930. The lowest BCUT2D eigenvalue weighted by Crippen LogP contribution is -1.91. The van der Waals surface area contributed by atoms with Crippen molar-refractivity contribution in [1.29, 1.82) is 0 Å². The molecule has 1 aromatic heterocycles. The van der Waals surface area contributed by atoms with Crippen molar-refractivity contribution in [3.63, 3.8) is 0 Å². The number of hydrogen-bond acceptors (Lipinski definition) is 2. The van der Waals surface area contributed by atoms with E-state index < -0.39 is 0 Å². The van der Waals surface area contributed by atoms with Crippen molar-refractivity contribution in [2.24, 2.45) is 0 Å². The summed E-state index contributed by atoms with van der Waals surface area (Å²) in [5.41, 5.74) is 5.40. The Kier molecular flexibility index (Phi) is 2.16. The molecule has 1 aromatic carbocycles. The maximum atomic E-state index is 5.84. The third-order valence-electron chi connectivity index (χ3n) is 3.57. The average Bonchev–Trinajstić information content (AvgIpc) is 2.80. The normalized spacial score (nSPS) is 15.4. The Labute approximate surface area is 118 Å². The molecular weight excluding hydrogens is 308 g/mol. The molecule has 2 heterocycles. The van der Waals surface area contributed by atoms with E-state index >= 15 is 0 Å². The van der Waals surface area contributed by atoms with Gasteiger partial charge < -0.3 is 4.42 Å². The lowest BCUT2D eigenvalue weighted by Gasteiger charge is -2.12. The predicted octanol–water partition coefficient (Wildman–Crippen LogP) is 5.44. The highest BCUT2D eigenvalue weighted by atomic mass is 79.9. The molecule has 0 fully saturated rings. The van der Waals surface area contributed by atoms with Crippen molar-refractivity contribution in [3.8, 4) is 11.3 Å². The van der Waals surface area contributed by atoms with Gasteiger partial charge in [0.15, 0.2) is 0 Å². The van der Waals surface area contributed by atoms with E-state index in [-0.39, 0.29) is 0 Å². The molecule has 0 spiro atoms. The molecule has 2 aromatic rings. The summed E-state index contributed by atoms with van der Waals surface area (Å²) >= 11 is 5.58. The first-order chi connectivity index (χ1) is 8.63. The lowest BCUT2D eigenvalue weighted by molar-refractivity contribution is 0.539. The Bertz CT molecular complexity index is 725. The van der Waals surface area contributed by atoms with Crippen LogP contribution in [0.15, 0.2) is 36.4 Å². The maximum Gasteiger partial charge on any atom is 0.136 e. The minimum absolute atomic E-state index is 0.980. The number of hydrogen-bond donors (Lipinski definition) is 0. The third kappa shape index (κ3) is 1.35. The molecule has 3 heteroatoms. The van der Waals surface area contributed by atoms with Crippen LogP contribution in [-0.2, 0) is 6.42 Å². The van der Waals surface area contributed by atoms with Crippen LogP contribution in [0, 0.1) is 6.92 Å². The predicted molar refractivity (Wildman–Crippen MR) is 78.1 cm³/mol. The number of fused-ring (bicyclic) bond motifs is 7. The van der Waals surface area contributed by atoms with Crippen molar-refractivity contribution < 1.29 is 4.42 Å². The number of allylic oxidation sites excluding steroid dienone is 1. The maximum absolute atomic E-state index is 5.84. The Morgan fingerprint density at radius 3 is 2.89 bits per heavy atom. The highest BCUT2D eigenvalue weighted by Crippen LogP contribution is 2.49. The molecule has 4 bridgehead atoms. The lowest BCUT2D eigenvalue weighted by atomic mass is 10.0. The summed E-state index contributed by atoms with van der Waals surface area (Å²) < 4.78 is 7.04. The number of aryl methyl sites for hydroxylation is 1. The van der Waals surface area contributed by atoms with Crippen molar-refractivity contribution in [3.05, 3.63) is 39.1 Å². The van der Waals surface area contributed by atoms with Gasteiger partial charge >= 0.3 is 0 Å². The van der Waals surface area contributed by atoms with Gasteiger partial charge in [-0.05, 0) is 59.5 Å². The van der Waals surface area contributed by atoms with Gasteiger partial charge in [-0.2, -0.15) is 0 Å². The Morgan fingerprint density at radius 1 is 1.22 bits per heavy atom. The average molecular weight is 319 g/mol. The molecule has 4 rings (SSSR count). The second kappa shape index (κ2) is 3.55. The molecule has 1 aliphatic heterocycles. The summed E-state index contributed by atoms with van der Waals surface area (Å²) in [6.07, 6.45) is 3.36. The van der Waals surface area contributed by atoms with Crippen LogP contribution in [0.4, 0.5) is 0 Å². The van der Waals surface area contributed by atoms with Crippen molar-refractivity contribution in [1.82, 2.24) is 0 Å². The van der Waals surface area contributed by atoms with E-state index in [0.717, 1.165) is 17.9 Å². The molecule has 0 saturated heterocycles. The first-order valence-electron chi connectivity index (χ1n) is 5.94. The van der Waals surface area contributed by atoms with Gasteiger partial charge in [0.05, 0.1) is 4.90 Å². The van der Waals surface area contributed by atoms with Crippen LogP contribution in [0.5, 0.6) is 0 Å². The fourth-order valence-electron chi connectivity index (χ4n) is 2.69. The van der Waals surface area contributed by atoms with E-state index in [9.17, 15) is 0 Å². The summed E-state index contributed by atoms with van der Waals surface area (Å²) in [7, 11) is 0. The first-order valence-corrected chi connectivity index (χ1v) is 7.55. The Morgan fingerprint density at radius 2 is 2.06 bits per heavy atom. The monoisotopic (exact) mass is 318 g/mol. The van der Waals surface area contributed by atoms with Crippen LogP contribution in [0.25, 0.3) is 17.4 Å². The zero-order valence-electron chi connectivity index (χ0n) is 10.1. The molecule has 0 radical (unpaired) electrons. The van der Waals surface area contributed by atoms with Crippen LogP contribution >= 0.6 is 27.7 Å².